The average molecular weight is 375 g/mol. The molecule has 0 saturated carbocycles. The smallest absolute Gasteiger partial charge is 0.401 e. The summed E-state index contributed by atoms with van der Waals surface area (Å²) in [4.78, 5) is 36.2. The summed E-state index contributed by atoms with van der Waals surface area (Å²) >= 11 is 1.51. The molecule has 0 unspecified atom stereocenters. The molecular formula is C17H17N3O5S. The summed E-state index contributed by atoms with van der Waals surface area (Å²) in [5.41, 5.74) is 0.685. The molecule has 0 atom stereocenters. The van der Waals surface area contributed by atoms with Gasteiger partial charge in [-0.15, -0.1) is 11.8 Å². The third-order valence-electron chi connectivity index (χ3n) is 3.32. The van der Waals surface area contributed by atoms with Gasteiger partial charge in [0, 0.05) is 18.0 Å². The number of rotatable bonds is 7. The number of hydrogen-bond acceptors (Lipinski definition) is 6. The largest absolute Gasteiger partial charge is 0.433 e. The van der Waals surface area contributed by atoms with E-state index in [2.05, 4.69) is 5.32 Å². The SMILES string of the molecule is CSc1ccccc1NC(=O)CN(C)C(=O)/C=C/c1ccc([N+](=O)[O-])o1. The molecule has 0 fully saturated rings. The average Bonchev–Trinajstić information content (AvgIpc) is 3.09. The number of nitro groups is 1. The Kier molecular flexibility index (Phi) is 6.56. The monoisotopic (exact) mass is 375 g/mol. The van der Waals surface area contributed by atoms with Crippen LogP contribution >= 0.6 is 11.8 Å². The highest BCUT2D eigenvalue weighted by molar-refractivity contribution is 7.98. The highest BCUT2D eigenvalue weighted by atomic mass is 32.2. The summed E-state index contributed by atoms with van der Waals surface area (Å²) in [5.74, 6) is -0.990. The van der Waals surface area contributed by atoms with Gasteiger partial charge in [-0.05, 0) is 30.5 Å². The van der Waals surface area contributed by atoms with E-state index in [9.17, 15) is 19.7 Å². The normalized spacial score (nSPS) is 10.7. The van der Waals surface area contributed by atoms with Crippen molar-refractivity contribution in [3.63, 3.8) is 0 Å². The van der Waals surface area contributed by atoms with Crippen molar-refractivity contribution in [2.45, 2.75) is 4.90 Å². The van der Waals surface area contributed by atoms with Crippen LogP contribution in [0.15, 0.2) is 51.8 Å². The Morgan fingerprint density at radius 3 is 2.69 bits per heavy atom. The summed E-state index contributed by atoms with van der Waals surface area (Å²) in [6, 6.07) is 9.95. The topological polar surface area (TPSA) is 106 Å². The highest BCUT2D eigenvalue weighted by Gasteiger charge is 2.13. The third-order valence-corrected chi connectivity index (χ3v) is 4.12. The molecule has 1 aromatic heterocycles. The Morgan fingerprint density at radius 1 is 1.31 bits per heavy atom. The molecular weight excluding hydrogens is 358 g/mol. The number of carbonyl (C=O) groups excluding carboxylic acids is 2. The second kappa shape index (κ2) is 8.86. The van der Waals surface area contributed by atoms with Crippen molar-refractivity contribution >= 4 is 41.2 Å². The number of thioether (sulfide) groups is 1. The lowest BCUT2D eigenvalue weighted by Gasteiger charge is -2.15. The first-order valence-electron chi connectivity index (χ1n) is 7.51. The van der Waals surface area contributed by atoms with Crippen LogP contribution in [0.2, 0.25) is 0 Å². The Bertz CT molecular complexity index is 846. The first kappa shape index (κ1) is 19.3. The maximum absolute atomic E-state index is 12.1. The van der Waals surface area contributed by atoms with Gasteiger partial charge in [0.15, 0.2) is 0 Å². The zero-order chi connectivity index (χ0) is 19.1. The zero-order valence-electron chi connectivity index (χ0n) is 14.2. The van der Waals surface area contributed by atoms with E-state index in [1.54, 1.807) is 6.07 Å². The number of benzene rings is 1. The molecule has 0 bridgehead atoms. The molecule has 1 heterocycles. The molecule has 0 aliphatic heterocycles. The number of anilines is 1. The molecule has 2 amide bonds. The lowest BCUT2D eigenvalue weighted by molar-refractivity contribution is -0.402. The Balaban J connectivity index is 1.92. The lowest BCUT2D eigenvalue weighted by Crippen LogP contribution is -2.33. The van der Waals surface area contributed by atoms with Gasteiger partial charge in [0.25, 0.3) is 0 Å². The second-order valence-corrected chi connectivity index (χ2v) is 6.06. The van der Waals surface area contributed by atoms with Crippen molar-refractivity contribution in [3.8, 4) is 0 Å². The fraction of sp³-hybridized carbons (Fsp3) is 0.176. The van der Waals surface area contributed by atoms with Crippen LogP contribution in [0.1, 0.15) is 5.76 Å². The lowest BCUT2D eigenvalue weighted by atomic mass is 10.3. The van der Waals surface area contributed by atoms with Gasteiger partial charge in [-0.25, -0.2) is 0 Å². The summed E-state index contributed by atoms with van der Waals surface area (Å²) < 4.78 is 4.92. The number of furan rings is 1. The molecule has 9 heteroatoms. The van der Waals surface area contributed by atoms with E-state index < -0.39 is 16.7 Å². The van der Waals surface area contributed by atoms with Crippen molar-refractivity contribution < 1.29 is 18.9 Å². The summed E-state index contributed by atoms with van der Waals surface area (Å²) in [6.07, 6.45) is 4.41. The number of amides is 2. The van der Waals surface area contributed by atoms with Crippen LogP contribution in [0, 0.1) is 10.1 Å². The standard InChI is InChI=1S/C17H17N3O5S/c1-19(11-15(21)18-13-5-3-4-6-14(13)26-2)16(22)9-7-12-8-10-17(25-12)20(23)24/h3-10H,11H2,1-2H3,(H,18,21)/b9-7+. The molecule has 26 heavy (non-hydrogen) atoms. The molecule has 2 rings (SSSR count). The quantitative estimate of drug-likeness (QED) is 0.345. The van der Waals surface area contributed by atoms with Gasteiger partial charge in [-0.1, -0.05) is 12.1 Å². The summed E-state index contributed by atoms with van der Waals surface area (Å²) in [7, 11) is 1.48. The number of carbonyl (C=O) groups is 2. The first-order chi connectivity index (χ1) is 12.4. The Labute approximate surface area is 154 Å². The van der Waals surface area contributed by atoms with Crippen LogP contribution in [-0.2, 0) is 9.59 Å². The van der Waals surface area contributed by atoms with Crippen LogP contribution in [0.4, 0.5) is 11.6 Å². The van der Waals surface area contributed by atoms with E-state index in [1.807, 2.05) is 24.5 Å². The molecule has 1 aromatic carbocycles. The van der Waals surface area contributed by atoms with E-state index >= 15 is 0 Å². The first-order valence-corrected chi connectivity index (χ1v) is 8.73. The Morgan fingerprint density at radius 2 is 2.04 bits per heavy atom. The number of likely N-dealkylation sites (N-methyl/N-ethyl adjacent to an activating group) is 1. The maximum atomic E-state index is 12.1. The molecule has 0 saturated heterocycles. The third kappa shape index (κ3) is 5.21. The molecule has 0 radical (unpaired) electrons. The van der Waals surface area contributed by atoms with Gasteiger partial charge in [-0.2, -0.15) is 0 Å². The van der Waals surface area contributed by atoms with E-state index in [0.717, 1.165) is 4.90 Å². The van der Waals surface area contributed by atoms with Crippen molar-refractivity contribution in [1.82, 2.24) is 4.90 Å². The van der Waals surface area contributed by atoms with Gasteiger partial charge in [0.2, 0.25) is 11.8 Å². The number of nitrogens with zero attached hydrogens (tertiary/aromatic N) is 2. The molecule has 136 valence electrons. The van der Waals surface area contributed by atoms with E-state index in [1.165, 1.54) is 48.0 Å². The zero-order valence-corrected chi connectivity index (χ0v) is 15.0. The fourth-order valence-corrected chi connectivity index (χ4v) is 2.60. The molecule has 1 N–H and O–H groups in total. The van der Waals surface area contributed by atoms with E-state index in [0.29, 0.717) is 5.69 Å². The van der Waals surface area contributed by atoms with Gasteiger partial charge in [-0.3, -0.25) is 19.7 Å². The number of nitrogens with one attached hydrogen (secondary N) is 1. The molecule has 0 aliphatic rings. The van der Waals surface area contributed by atoms with Gasteiger partial charge in [0.05, 0.1) is 18.3 Å². The minimum atomic E-state index is -0.665. The predicted octanol–water partition coefficient (Wildman–Crippen LogP) is 3.02. The van der Waals surface area contributed by atoms with Crippen LogP contribution in [0.25, 0.3) is 6.08 Å². The van der Waals surface area contributed by atoms with Crippen molar-refractivity contribution in [2.75, 3.05) is 25.2 Å². The maximum Gasteiger partial charge on any atom is 0.433 e. The minimum Gasteiger partial charge on any atom is -0.401 e. The summed E-state index contributed by atoms with van der Waals surface area (Å²) in [6.45, 7) is -0.135. The van der Waals surface area contributed by atoms with Crippen molar-refractivity contribution in [3.05, 3.63) is 58.3 Å². The minimum absolute atomic E-state index is 0.135. The summed E-state index contributed by atoms with van der Waals surface area (Å²) in [5, 5.41) is 13.3. The molecule has 2 aromatic rings. The van der Waals surface area contributed by atoms with Crippen molar-refractivity contribution in [2.24, 2.45) is 0 Å². The van der Waals surface area contributed by atoms with Gasteiger partial charge in [0.1, 0.15) is 10.7 Å². The van der Waals surface area contributed by atoms with Crippen molar-refractivity contribution in [1.29, 1.82) is 0 Å². The predicted molar refractivity (Wildman–Crippen MR) is 98.9 cm³/mol. The van der Waals surface area contributed by atoms with Crippen LogP contribution < -0.4 is 5.32 Å². The highest BCUT2D eigenvalue weighted by Crippen LogP contribution is 2.24. The van der Waals surface area contributed by atoms with Gasteiger partial charge >= 0.3 is 5.88 Å². The molecule has 0 spiro atoms. The molecule has 0 aliphatic carbocycles. The number of hydrogen-bond donors (Lipinski definition) is 1. The number of para-hydroxylation sites is 1. The second-order valence-electron chi connectivity index (χ2n) is 5.21. The Hall–Kier alpha value is -3.07. The van der Waals surface area contributed by atoms with Crippen LogP contribution in [0.3, 0.4) is 0 Å². The van der Waals surface area contributed by atoms with E-state index in [4.69, 9.17) is 4.42 Å². The van der Waals surface area contributed by atoms with Gasteiger partial charge < -0.3 is 14.6 Å². The fourth-order valence-electron chi connectivity index (χ4n) is 2.04. The van der Waals surface area contributed by atoms with Crippen LogP contribution in [0.5, 0.6) is 0 Å². The van der Waals surface area contributed by atoms with E-state index in [-0.39, 0.29) is 18.2 Å². The molecule has 8 nitrogen and oxygen atoms in total. The van der Waals surface area contributed by atoms with Crippen LogP contribution in [-0.4, -0.2) is 41.5 Å².